The van der Waals surface area contributed by atoms with Crippen molar-refractivity contribution in [3.63, 3.8) is 0 Å². The topological polar surface area (TPSA) is 60.9 Å². The van der Waals surface area contributed by atoms with E-state index in [1.807, 2.05) is 6.92 Å². The molecule has 1 saturated heterocycles. The van der Waals surface area contributed by atoms with Gasteiger partial charge in [-0.1, -0.05) is 18.2 Å². The van der Waals surface area contributed by atoms with E-state index in [9.17, 15) is 19.1 Å². The van der Waals surface area contributed by atoms with Gasteiger partial charge in [-0.15, -0.1) is 0 Å². The highest BCUT2D eigenvalue weighted by Gasteiger charge is 2.26. The van der Waals surface area contributed by atoms with E-state index in [1.165, 1.54) is 12.1 Å². The van der Waals surface area contributed by atoms with E-state index in [-0.39, 0.29) is 35.4 Å². The van der Waals surface area contributed by atoms with Gasteiger partial charge >= 0.3 is 0 Å². The van der Waals surface area contributed by atoms with Crippen molar-refractivity contribution in [3.8, 4) is 5.75 Å². The SMILES string of the molecule is Cc1ccc(C(=O)N2CCN(C(=O)Cc3ccc(F)cc3)CC2)c(O)c1. The molecule has 6 heteroatoms. The fourth-order valence-corrected chi connectivity index (χ4v) is 3.04. The largest absolute Gasteiger partial charge is 0.507 e. The Hall–Kier alpha value is -2.89. The van der Waals surface area contributed by atoms with Crippen molar-refractivity contribution < 1.29 is 19.1 Å². The van der Waals surface area contributed by atoms with Gasteiger partial charge in [0.25, 0.3) is 5.91 Å². The van der Waals surface area contributed by atoms with E-state index in [2.05, 4.69) is 0 Å². The lowest BCUT2D eigenvalue weighted by molar-refractivity contribution is -0.131. The van der Waals surface area contributed by atoms with Crippen LogP contribution in [0, 0.1) is 12.7 Å². The molecule has 3 rings (SSSR count). The number of carbonyl (C=O) groups is 2. The van der Waals surface area contributed by atoms with Crippen LogP contribution in [-0.2, 0) is 11.2 Å². The number of phenolic OH excluding ortho intramolecular Hbond substituents is 1. The summed E-state index contributed by atoms with van der Waals surface area (Å²) in [5, 5.41) is 9.98. The van der Waals surface area contributed by atoms with Crippen molar-refractivity contribution in [2.75, 3.05) is 26.2 Å². The number of aromatic hydroxyl groups is 1. The number of aryl methyl sites for hydroxylation is 1. The van der Waals surface area contributed by atoms with E-state index in [1.54, 1.807) is 40.1 Å². The molecule has 0 aromatic heterocycles. The molecule has 0 aliphatic carbocycles. The van der Waals surface area contributed by atoms with Crippen LogP contribution in [-0.4, -0.2) is 52.9 Å². The van der Waals surface area contributed by atoms with Crippen LogP contribution in [0.3, 0.4) is 0 Å². The van der Waals surface area contributed by atoms with Crippen LogP contribution in [0.4, 0.5) is 4.39 Å². The van der Waals surface area contributed by atoms with Gasteiger partial charge in [-0.05, 0) is 42.3 Å². The highest BCUT2D eigenvalue weighted by molar-refractivity contribution is 5.97. The number of carbonyl (C=O) groups excluding carboxylic acids is 2. The summed E-state index contributed by atoms with van der Waals surface area (Å²) in [4.78, 5) is 28.3. The summed E-state index contributed by atoms with van der Waals surface area (Å²) in [7, 11) is 0. The molecule has 136 valence electrons. The van der Waals surface area contributed by atoms with Crippen molar-refractivity contribution in [2.45, 2.75) is 13.3 Å². The number of phenols is 1. The molecule has 1 heterocycles. The molecule has 0 spiro atoms. The predicted octanol–water partition coefficient (Wildman–Crippen LogP) is 2.37. The van der Waals surface area contributed by atoms with Gasteiger partial charge in [-0.25, -0.2) is 4.39 Å². The highest BCUT2D eigenvalue weighted by Crippen LogP contribution is 2.21. The third kappa shape index (κ3) is 4.02. The second kappa shape index (κ2) is 7.56. The molecule has 1 aliphatic rings. The summed E-state index contributed by atoms with van der Waals surface area (Å²) in [6.45, 7) is 3.57. The predicted molar refractivity (Wildman–Crippen MR) is 95.4 cm³/mol. The van der Waals surface area contributed by atoms with Crippen LogP contribution in [0.2, 0.25) is 0 Å². The maximum Gasteiger partial charge on any atom is 0.257 e. The van der Waals surface area contributed by atoms with Gasteiger partial charge in [0.1, 0.15) is 11.6 Å². The Kier molecular flexibility index (Phi) is 5.21. The number of hydrogen-bond donors (Lipinski definition) is 1. The fraction of sp³-hybridized carbons (Fsp3) is 0.300. The summed E-state index contributed by atoms with van der Waals surface area (Å²) >= 11 is 0. The maximum absolute atomic E-state index is 12.9. The van der Waals surface area contributed by atoms with Gasteiger partial charge < -0.3 is 14.9 Å². The molecule has 0 radical (unpaired) electrons. The maximum atomic E-state index is 12.9. The molecule has 0 saturated carbocycles. The van der Waals surface area contributed by atoms with E-state index in [4.69, 9.17) is 0 Å². The van der Waals surface area contributed by atoms with Gasteiger partial charge in [-0.3, -0.25) is 9.59 Å². The quantitative estimate of drug-likeness (QED) is 0.918. The zero-order valence-corrected chi connectivity index (χ0v) is 14.6. The molecule has 0 unspecified atom stereocenters. The first-order chi connectivity index (χ1) is 12.4. The minimum absolute atomic E-state index is 0.0233. The minimum Gasteiger partial charge on any atom is -0.507 e. The zero-order valence-electron chi connectivity index (χ0n) is 14.6. The van der Waals surface area contributed by atoms with E-state index >= 15 is 0 Å². The third-order valence-corrected chi connectivity index (χ3v) is 4.57. The van der Waals surface area contributed by atoms with E-state index in [0.717, 1.165) is 11.1 Å². The average Bonchev–Trinajstić information content (AvgIpc) is 2.63. The first-order valence-electron chi connectivity index (χ1n) is 8.55. The molecule has 1 N–H and O–H groups in total. The number of hydrogen-bond acceptors (Lipinski definition) is 3. The minimum atomic E-state index is -0.326. The third-order valence-electron chi connectivity index (χ3n) is 4.57. The summed E-state index contributed by atoms with van der Waals surface area (Å²) < 4.78 is 12.9. The molecule has 5 nitrogen and oxygen atoms in total. The Morgan fingerprint density at radius 3 is 2.23 bits per heavy atom. The van der Waals surface area contributed by atoms with Crippen LogP contribution in [0.5, 0.6) is 5.75 Å². The van der Waals surface area contributed by atoms with Crippen LogP contribution >= 0.6 is 0 Å². The van der Waals surface area contributed by atoms with Gasteiger partial charge in [-0.2, -0.15) is 0 Å². The lowest BCUT2D eigenvalue weighted by Crippen LogP contribution is -2.51. The van der Waals surface area contributed by atoms with Crippen molar-refractivity contribution in [3.05, 3.63) is 65.0 Å². The van der Waals surface area contributed by atoms with Crippen molar-refractivity contribution >= 4 is 11.8 Å². The lowest BCUT2D eigenvalue weighted by atomic mass is 10.1. The number of benzene rings is 2. The first-order valence-corrected chi connectivity index (χ1v) is 8.55. The molecular formula is C20H21FN2O3. The number of nitrogens with zero attached hydrogens (tertiary/aromatic N) is 2. The van der Waals surface area contributed by atoms with Gasteiger partial charge in [0.15, 0.2) is 0 Å². The molecule has 2 aromatic rings. The standard InChI is InChI=1S/C20H21FN2O3/c1-14-2-7-17(18(24)12-14)20(26)23-10-8-22(9-11-23)19(25)13-15-3-5-16(21)6-4-15/h2-7,12,24H,8-11,13H2,1H3. The van der Waals surface area contributed by atoms with Crippen LogP contribution in [0.15, 0.2) is 42.5 Å². The highest BCUT2D eigenvalue weighted by atomic mass is 19.1. The summed E-state index contributed by atoms with van der Waals surface area (Å²) in [6, 6.07) is 10.9. The van der Waals surface area contributed by atoms with Crippen molar-refractivity contribution in [1.82, 2.24) is 9.80 Å². The van der Waals surface area contributed by atoms with E-state index < -0.39 is 0 Å². The number of halogens is 1. The normalized spacial score (nSPS) is 14.4. The second-order valence-electron chi connectivity index (χ2n) is 6.50. The van der Waals surface area contributed by atoms with Crippen molar-refractivity contribution in [1.29, 1.82) is 0 Å². The Morgan fingerprint density at radius 2 is 1.62 bits per heavy atom. The van der Waals surface area contributed by atoms with Crippen LogP contribution in [0.1, 0.15) is 21.5 Å². The Balaban J connectivity index is 1.57. The summed E-state index contributed by atoms with van der Waals surface area (Å²) in [6.07, 6.45) is 0.215. The molecule has 2 aromatic carbocycles. The van der Waals surface area contributed by atoms with Gasteiger partial charge in [0, 0.05) is 26.2 Å². The van der Waals surface area contributed by atoms with Crippen LogP contribution in [0.25, 0.3) is 0 Å². The molecule has 1 fully saturated rings. The Morgan fingerprint density at radius 1 is 1.00 bits per heavy atom. The lowest BCUT2D eigenvalue weighted by Gasteiger charge is -2.35. The fourth-order valence-electron chi connectivity index (χ4n) is 3.04. The Labute approximate surface area is 151 Å². The summed E-state index contributed by atoms with van der Waals surface area (Å²) in [5.74, 6) is -0.618. The molecule has 26 heavy (non-hydrogen) atoms. The van der Waals surface area contributed by atoms with Crippen molar-refractivity contribution in [2.24, 2.45) is 0 Å². The molecule has 1 aliphatic heterocycles. The summed E-state index contributed by atoms with van der Waals surface area (Å²) in [5.41, 5.74) is 1.93. The smallest absolute Gasteiger partial charge is 0.257 e. The molecule has 0 atom stereocenters. The first kappa shape index (κ1) is 17.9. The molecule has 0 bridgehead atoms. The number of rotatable bonds is 3. The number of amides is 2. The van der Waals surface area contributed by atoms with Gasteiger partial charge in [0.05, 0.1) is 12.0 Å². The van der Waals surface area contributed by atoms with E-state index in [0.29, 0.717) is 26.2 Å². The van der Waals surface area contributed by atoms with Crippen LogP contribution < -0.4 is 0 Å². The molecule has 2 amide bonds. The monoisotopic (exact) mass is 356 g/mol. The molecular weight excluding hydrogens is 335 g/mol. The second-order valence-corrected chi connectivity index (χ2v) is 6.50. The zero-order chi connectivity index (χ0) is 18.7. The number of piperazine rings is 1. The van der Waals surface area contributed by atoms with Gasteiger partial charge in [0.2, 0.25) is 5.91 Å². The average molecular weight is 356 g/mol. The Bertz CT molecular complexity index is 812.